The summed E-state index contributed by atoms with van der Waals surface area (Å²) in [5.41, 5.74) is 5.77. The first-order chi connectivity index (χ1) is 11.4. The van der Waals surface area contributed by atoms with Crippen molar-refractivity contribution in [1.82, 2.24) is 10.2 Å². The third-order valence-electron chi connectivity index (χ3n) is 4.04. The van der Waals surface area contributed by atoms with Gasteiger partial charge in [-0.25, -0.2) is 0 Å². The van der Waals surface area contributed by atoms with Crippen molar-refractivity contribution in [2.45, 2.75) is 27.7 Å². The predicted molar refractivity (Wildman–Crippen MR) is 93.1 cm³/mol. The van der Waals surface area contributed by atoms with Gasteiger partial charge in [-0.2, -0.15) is 0 Å². The Balaban J connectivity index is 1.82. The highest BCUT2D eigenvalue weighted by molar-refractivity contribution is 6.03. The van der Waals surface area contributed by atoms with Gasteiger partial charge in [0.25, 0.3) is 5.91 Å². The maximum atomic E-state index is 12.3. The third-order valence-corrected chi connectivity index (χ3v) is 4.04. The Hall–Kier alpha value is -2.95. The SMILES string of the molecule is Cc1ccc(C)c(-c2nnc(NC(=O)c3ccc(C)c(C)c3)o2)c1. The number of carbonyl (C=O) groups excluding carboxylic acids is 1. The molecule has 122 valence electrons. The molecule has 0 unspecified atom stereocenters. The number of amides is 1. The summed E-state index contributed by atoms with van der Waals surface area (Å²) >= 11 is 0. The van der Waals surface area contributed by atoms with Gasteiger partial charge in [-0.05, 0) is 62.6 Å². The van der Waals surface area contributed by atoms with Crippen molar-refractivity contribution in [2.24, 2.45) is 0 Å². The van der Waals surface area contributed by atoms with E-state index in [9.17, 15) is 4.79 Å². The molecule has 0 aliphatic rings. The Morgan fingerprint density at radius 2 is 1.67 bits per heavy atom. The summed E-state index contributed by atoms with van der Waals surface area (Å²) in [6.07, 6.45) is 0. The molecule has 2 aromatic carbocycles. The first-order valence-corrected chi connectivity index (χ1v) is 7.74. The standard InChI is InChI=1S/C19H19N3O2/c1-11-5-6-13(3)16(9-11)18-21-22-19(24-18)20-17(23)15-8-7-12(2)14(4)10-15/h5-10H,1-4H3,(H,20,22,23). The van der Waals surface area contributed by atoms with Gasteiger partial charge >= 0.3 is 6.01 Å². The summed E-state index contributed by atoms with van der Waals surface area (Å²) in [7, 11) is 0. The molecular formula is C19H19N3O2. The zero-order chi connectivity index (χ0) is 17.3. The molecule has 5 heteroatoms. The molecule has 1 amide bonds. The van der Waals surface area contributed by atoms with Gasteiger partial charge in [0.1, 0.15) is 0 Å². The van der Waals surface area contributed by atoms with Crippen LogP contribution < -0.4 is 5.32 Å². The maximum Gasteiger partial charge on any atom is 0.322 e. The van der Waals surface area contributed by atoms with E-state index in [2.05, 4.69) is 15.5 Å². The average molecular weight is 321 g/mol. The Bertz CT molecular complexity index is 913. The molecule has 0 bridgehead atoms. The average Bonchev–Trinajstić information content (AvgIpc) is 3.00. The van der Waals surface area contributed by atoms with Crippen molar-refractivity contribution >= 4 is 11.9 Å². The molecule has 5 nitrogen and oxygen atoms in total. The van der Waals surface area contributed by atoms with E-state index in [4.69, 9.17) is 4.42 Å². The van der Waals surface area contributed by atoms with Gasteiger partial charge in [-0.15, -0.1) is 5.10 Å². The lowest BCUT2D eigenvalue weighted by Gasteiger charge is -2.04. The second kappa shape index (κ2) is 6.28. The molecule has 1 N–H and O–H groups in total. The smallest absolute Gasteiger partial charge is 0.322 e. The number of aromatic nitrogens is 2. The van der Waals surface area contributed by atoms with Gasteiger partial charge in [0.2, 0.25) is 5.89 Å². The zero-order valence-corrected chi connectivity index (χ0v) is 14.2. The van der Waals surface area contributed by atoms with Crippen molar-refractivity contribution in [2.75, 3.05) is 5.32 Å². The zero-order valence-electron chi connectivity index (χ0n) is 14.2. The molecule has 3 aromatic rings. The molecule has 0 saturated heterocycles. The van der Waals surface area contributed by atoms with Crippen molar-refractivity contribution < 1.29 is 9.21 Å². The second-order valence-corrected chi connectivity index (χ2v) is 5.98. The molecule has 0 saturated carbocycles. The fraction of sp³-hybridized carbons (Fsp3) is 0.211. The largest absolute Gasteiger partial charge is 0.403 e. The number of aryl methyl sites for hydroxylation is 4. The first kappa shape index (κ1) is 15.9. The minimum Gasteiger partial charge on any atom is -0.403 e. The fourth-order valence-electron chi connectivity index (χ4n) is 2.40. The van der Waals surface area contributed by atoms with Gasteiger partial charge in [0, 0.05) is 11.1 Å². The second-order valence-electron chi connectivity index (χ2n) is 5.98. The number of benzene rings is 2. The lowest BCUT2D eigenvalue weighted by Crippen LogP contribution is -2.12. The van der Waals surface area contributed by atoms with Crippen LogP contribution in [0.3, 0.4) is 0 Å². The maximum absolute atomic E-state index is 12.3. The van der Waals surface area contributed by atoms with Crippen LogP contribution >= 0.6 is 0 Å². The molecule has 0 radical (unpaired) electrons. The van der Waals surface area contributed by atoms with E-state index in [0.29, 0.717) is 11.5 Å². The highest BCUT2D eigenvalue weighted by Crippen LogP contribution is 2.24. The number of rotatable bonds is 3. The molecule has 3 rings (SSSR count). The van der Waals surface area contributed by atoms with Crippen molar-refractivity contribution in [3.8, 4) is 11.5 Å². The van der Waals surface area contributed by atoms with E-state index in [1.807, 2.05) is 58.0 Å². The van der Waals surface area contributed by atoms with E-state index in [1.54, 1.807) is 6.07 Å². The van der Waals surface area contributed by atoms with Crippen molar-refractivity contribution in [3.63, 3.8) is 0 Å². The quantitative estimate of drug-likeness (QED) is 0.784. The van der Waals surface area contributed by atoms with Crippen LogP contribution in [0, 0.1) is 27.7 Å². The lowest BCUT2D eigenvalue weighted by atomic mass is 10.1. The summed E-state index contributed by atoms with van der Waals surface area (Å²) in [5.74, 6) is 0.126. The van der Waals surface area contributed by atoms with Crippen LogP contribution in [0.5, 0.6) is 0 Å². The Kier molecular flexibility index (Phi) is 4.16. The van der Waals surface area contributed by atoms with E-state index >= 15 is 0 Å². The third kappa shape index (κ3) is 3.20. The summed E-state index contributed by atoms with van der Waals surface area (Å²) in [6, 6.07) is 11.6. The van der Waals surface area contributed by atoms with E-state index in [-0.39, 0.29) is 11.9 Å². The summed E-state index contributed by atoms with van der Waals surface area (Å²) in [5, 5.41) is 10.6. The molecule has 0 fully saturated rings. The van der Waals surface area contributed by atoms with Crippen molar-refractivity contribution in [3.05, 3.63) is 64.2 Å². The van der Waals surface area contributed by atoms with Crippen LogP contribution in [-0.4, -0.2) is 16.1 Å². The molecule has 0 atom stereocenters. The number of hydrogen-bond acceptors (Lipinski definition) is 4. The molecule has 24 heavy (non-hydrogen) atoms. The molecule has 0 aliphatic carbocycles. The Labute approximate surface area is 140 Å². The number of nitrogens with zero attached hydrogens (tertiary/aromatic N) is 2. The van der Waals surface area contributed by atoms with Crippen LogP contribution in [0.2, 0.25) is 0 Å². The van der Waals surface area contributed by atoms with Gasteiger partial charge in [0.15, 0.2) is 0 Å². The number of hydrogen-bond donors (Lipinski definition) is 1. The Morgan fingerprint density at radius 1 is 0.917 bits per heavy atom. The highest BCUT2D eigenvalue weighted by Gasteiger charge is 2.14. The van der Waals surface area contributed by atoms with Crippen LogP contribution in [-0.2, 0) is 0 Å². The fourth-order valence-corrected chi connectivity index (χ4v) is 2.40. The number of nitrogens with one attached hydrogen (secondary N) is 1. The molecule has 0 spiro atoms. The minimum absolute atomic E-state index is 0.0918. The number of carbonyl (C=O) groups is 1. The predicted octanol–water partition coefficient (Wildman–Crippen LogP) is 4.22. The minimum atomic E-state index is -0.269. The van der Waals surface area contributed by atoms with Crippen LogP contribution in [0.1, 0.15) is 32.6 Å². The van der Waals surface area contributed by atoms with Crippen LogP contribution in [0.4, 0.5) is 6.01 Å². The topological polar surface area (TPSA) is 68.0 Å². The molecular weight excluding hydrogens is 302 g/mol. The summed E-state index contributed by atoms with van der Waals surface area (Å²) in [6.45, 7) is 7.96. The highest BCUT2D eigenvalue weighted by atomic mass is 16.4. The molecule has 0 aliphatic heterocycles. The van der Waals surface area contributed by atoms with E-state index in [0.717, 1.165) is 27.8 Å². The molecule has 1 heterocycles. The van der Waals surface area contributed by atoms with Crippen LogP contribution in [0.25, 0.3) is 11.5 Å². The van der Waals surface area contributed by atoms with Gasteiger partial charge in [-0.3, -0.25) is 10.1 Å². The lowest BCUT2D eigenvalue weighted by molar-refractivity contribution is 0.102. The van der Waals surface area contributed by atoms with E-state index in [1.165, 1.54) is 0 Å². The first-order valence-electron chi connectivity index (χ1n) is 7.74. The van der Waals surface area contributed by atoms with E-state index < -0.39 is 0 Å². The monoisotopic (exact) mass is 321 g/mol. The van der Waals surface area contributed by atoms with Gasteiger partial charge < -0.3 is 4.42 Å². The van der Waals surface area contributed by atoms with Gasteiger partial charge in [-0.1, -0.05) is 28.9 Å². The van der Waals surface area contributed by atoms with Crippen molar-refractivity contribution in [1.29, 1.82) is 0 Å². The Morgan fingerprint density at radius 3 is 2.42 bits per heavy atom. The summed E-state index contributed by atoms with van der Waals surface area (Å²) in [4.78, 5) is 12.3. The van der Waals surface area contributed by atoms with Gasteiger partial charge in [0.05, 0.1) is 0 Å². The summed E-state index contributed by atoms with van der Waals surface area (Å²) < 4.78 is 5.60. The molecule has 1 aromatic heterocycles. The number of anilines is 1. The van der Waals surface area contributed by atoms with Crippen LogP contribution in [0.15, 0.2) is 40.8 Å². The normalized spacial score (nSPS) is 10.7.